The summed E-state index contributed by atoms with van der Waals surface area (Å²) in [6, 6.07) is 16.5. The highest BCUT2D eigenvalue weighted by atomic mass is 16.3. The number of para-hydroxylation sites is 1. The molecule has 0 aliphatic rings. The van der Waals surface area contributed by atoms with Crippen molar-refractivity contribution in [2.75, 3.05) is 5.32 Å². The lowest BCUT2D eigenvalue weighted by Crippen LogP contribution is -2.25. The molecular formula is C21H20N2O3. The van der Waals surface area contributed by atoms with Crippen LogP contribution in [0.5, 0.6) is 0 Å². The summed E-state index contributed by atoms with van der Waals surface area (Å²) in [5, 5.41) is 5.67. The van der Waals surface area contributed by atoms with Crippen molar-refractivity contribution < 1.29 is 14.0 Å². The average molecular weight is 348 g/mol. The molecule has 0 unspecified atom stereocenters. The second kappa shape index (κ2) is 7.70. The number of benzene rings is 2. The Morgan fingerprint density at radius 1 is 0.885 bits per heavy atom. The Kier molecular flexibility index (Phi) is 5.17. The van der Waals surface area contributed by atoms with Crippen LogP contribution in [0, 0.1) is 13.8 Å². The third-order valence-electron chi connectivity index (χ3n) is 4.10. The molecule has 1 aromatic heterocycles. The maximum Gasteiger partial charge on any atom is 0.259 e. The zero-order chi connectivity index (χ0) is 18.5. The summed E-state index contributed by atoms with van der Waals surface area (Å²) in [7, 11) is 0. The van der Waals surface area contributed by atoms with E-state index in [9.17, 15) is 9.59 Å². The van der Waals surface area contributed by atoms with E-state index in [-0.39, 0.29) is 11.8 Å². The normalized spacial score (nSPS) is 10.4. The molecule has 2 N–H and O–H groups in total. The molecule has 2 aromatic carbocycles. The molecule has 0 aliphatic heterocycles. The lowest BCUT2D eigenvalue weighted by molar-refractivity contribution is 0.0952. The topological polar surface area (TPSA) is 71.3 Å². The van der Waals surface area contributed by atoms with Gasteiger partial charge in [0.2, 0.25) is 0 Å². The number of carbonyl (C=O) groups is 2. The van der Waals surface area contributed by atoms with Crippen LogP contribution < -0.4 is 10.6 Å². The SMILES string of the molecule is Cc1ccc(CNC(=O)c2ccccc2NC(=O)c2ccoc2C)cc1. The molecule has 0 fully saturated rings. The minimum Gasteiger partial charge on any atom is -0.469 e. The van der Waals surface area contributed by atoms with Crippen molar-refractivity contribution in [2.45, 2.75) is 20.4 Å². The molecule has 1 heterocycles. The molecule has 0 bridgehead atoms. The molecule has 2 amide bonds. The number of rotatable bonds is 5. The maximum absolute atomic E-state index is 12.6. The van der Waals surface area contributed by atoms with Gasteiger partial charge in [0.05, 0.1) is 23.1 Å². The zero-order valence-electron chi connectivity index (χ0n) is 14.7. The Balaban J connectivity index is 1.71. The number of furan rings is 1. The van der Waals surface area contributed by atoms with Gasteiger partial charge < -0.3 is 15.1 Å². The van der Waals surface area contributed by atoms with Crippen molar-refractivity contribution in [1.82, 2.24) is 5.32 Å². The molecule has 0 aliphatic carbocycles. The van der Waals surface area contributed by atoms with Crippen molar-refractivity contribution in [3.05, 3.63) is 88.9 Å². The van der Waals surface area contributed by atoms with Crippen LogP contribution in [-0.2, 0) is 6.54 Å². The fourth-order valence-corrected chi connectivity index (χ4v) is 2.58. The minimum absolute atomic E-state index is 0.245. The smallest absolute Gasteiger partial charge is 0.259 e. The molecule has 0 saturated heterocycles. The van der Waals surface area contributed by atoms with Crippen molar-refractivity contribution in [3.8, 4) is 0 Å². The van der Waals surface area contributed by atoms with Crippen LogP contribution in [0.25, 0.3) is 0 Å². The average Bonchev–Trinajstić information content (AvgIpc) is 3.07. The Bertz CT molecular complexity index is 926. The number of carbonyl (C=O) groups excluding carboxylic acids is 2. The van der Waals surface area contributed by atoms with Crippen LogP contribution in [0.2, 0.25) is 0 Å². The lowest BCUT2D eigenvalue weighted by atomic mass is 10.1. The molecular weight excluding hydrogens is 328 g/mol. The quantitative estimate of drug-likeness (QED) is 0.730. The van der Waals surface area contributed by atoms with E-state index >= 15 is 0 Å². The second-order valence-electron chi connectivity index (χ2n) is 6.06. The van der Waals surface area contributed by atoms with E-state index in [2.05, 4.69) is 10.6 Å². The van der Waals surface area contributed by atoms with Gasteiger partial charge in [-0.1, -0.05) is 42.0 Å². The van der Waals surface area contributed by atoms with Gasteiger partial charge in [-0.25, -0.2) is 0 Å². The van der Waals surface area contributed by atoms with Gasteiger partial charge >= 0.3 is 0 Å². The third-order valence-corrected chi connectivity index (χ3v) is 4.10. The van der Waals surface area contributed by atoms with Gasteiger partial charge in [-0.15, -0.1) is 0 Å². The molecule has 26 heavy (non-hydrogen) atoms. The van der Waals surface area contributed by atoms with Crippen molar-refractivity contribution in [3.63, 3.8) is 0 Å². The predicted molar refractivity (Wildman–Crippen MR) is 100 cm³/mol. The summed E-state index contributed by atoms with van der Waals surface area (Å²) >= 11 is 0. The molecule has 3 aromatic rings. The van der Waals surface area contributed by atoms with E-state index in [1.165, 1.54) is 11.8 Å². The minimum atomic E-state index is -0.310. The van der Waals surface area contributed by atoms with Crippen LogP contribution in [-0.4, -0.2) is 11.8 Å². The molecule has 0 radical (unpaired) electrons. The zero-order valence-corrected chi connectivity index (χ0v) is 14.7. The number of nitrogens with one attached hydrogen (secondary N) is 2. The molecule has 0 saturated carbocycles. The Hall–Kier alpha value is -3.34. The van der Waals surface area contributed by atoms with Crippen LogP contribution in [0.4, 0.5) is 5.69 Å². The molecule has 0 spiro atoms. The van der Waals surface area contributed by atoms with E-state index in [0.717, 1.165) is 5.56 Å². The van der Waals surface area contributed by atoms with Crippen LogP contribution in [0.3, 0.4) is 0 Å². The first-order valence-electron chi connectivity index (χ1n) is 8.33. The first kappa shape index (κ1) is 17.5. The van der Waals surface area contributed by atoms with Crippen molar-refractivity contribution in [2.24, 2.45) is 0 Å². The summed E-state index contributed by atoms with van der Waals surface area (Å²) in [6.07, 6.45) is 1.46. The molecule has 3 rings (SSSR count). The standard InChI is InChI=1S/C21H20N2O3/c1-14-7-9-16(10-8-14)13-22-20(24)18-5-3-4-6-19(18)23-21(25)17-11-12-26-15(17)2/h3-12H,13H2,1-2H3,(H,22,24)(H,23,25). The van der Waals surface area contributed by atoms with Gasteiger partial charge in [0.25, 0.3) is 11.8 Å². The Labute approximate surface area is 152 Å². The van der Waals surface area contributed by atoms with E-state index in [4.69, 9.17) is 4.42 Å². The van der Waals surface area contributed by atoms with Gasteiger partial charge in [0.1, 0.15) is 5.76 Å². The van der Waals surface area contributed by atoms with E-state index in [0.29, 0.717) is 29.1 Å². The number of amides is 2. The van der Waals surface area contributed by atoms with Gasteiger partial charge in [-0.3, -0.25) is 9.59 Å². The number of anilines is 1. The summed E-state index contributed by atoms with van der Waals surface area (Å²) in [5.74, 6) is -0.0239. The van der Waals surface area contributed by atoms with Gasteiger partial charge in [0.15, 0.2) is 0 Å². The molecule has 132 valence electrons. The van der Waals surface area contributed by atoms with E-state index in [1.807, 2.05) is 31.2 Å². The Morgan fingerprint density at radius 3 is 2.31 bits per heavy atom. The van der Waals surface area contributed by atoms with Crippen LogP contribution in [0.15, 0.2) is 65.3 Å². The van der Waals surface area contributed by atoms with Crippen LogP contribution in [0.1, 0.15) is 37.6 Å². The summed E-state index contributed by atoms with van der Waals surface area (Å²) in [4.78, 5) is 24.9. The summed E-state index contributed by atoms with van der Waals surface area (Å²) in [5.41, 5.74) is 3.50. The highest BCUT2D eigenvalue weighted by Gasteiger charge is 2.16. The summed E-state index contributed by atoms with van der Waals surface area (Å²) < 4.78 is 5.16. The van der Waals surface area contributed by atoms with Crippen molar-refractivity contribution >= 4 is 17.5 Å². The van der Waals surface area contributed by atoms with E-state index in [1.54, 1.807) is 37.3 Å². The van der Waals surface area contributed by atoms with Gasteiger partial charge in [-0.2, -0.15) is 0 Å². The number of aryl methyl sites for hydroxylation is 2. The van der Waals surface area contributed by atoms with E-state index < -0.39 is 0 Å². The lowest BCUT2D eigenvalue weighted by Gasteiger charge is -2.11. The fourth-order valence-electron chi connectivity index (χ4n) is 2.58. The van der Waals surface area contributed by atoms with Gasteiger partial charge in [0, 0.05) is 6.54 Å². The first-order chi connectivity index (χ1) is 12.5. The first-order valence-corrected chi connectivity index (χ1v) is 8.33. The van der Waals surface area contributed by atoms with Crippen LogP contribution >= 0.6 is 0 Å². The monoisotopic (exact) mass is 348 g/mol. The maximum atomic E-state index is 12.6. The van der Waals surface area contributed by atoms with Gasteiger partial charge in [-0.05, 0) is 37.6 Å². The fraction of sp³-hybridized carbons (Fsp3) is 0.143. The second-order valence-corrected chi connectivity index (χ2v) is 6.06. The number of hydrogen-bond acceptors (Lipinski definition) is 3. The number of hydrogen-bond donors (Lipinski definition) is 2. The van der Waals surface area contributed by atoms with Crippen molar-refractivity contribution in [1.29, 1.82) is 0 Å². The third kappa shape index (κ3) is 4.00. The molecule has 0 atom stereocenters. The molecule has 5 nitrogen and oxygen atoms in total. The largest absolute Gasteiger partial charge is 0.469 e. The molecule has 5 heteroatoms. The Morgan fingerprint density at radius 2 is 1.62 bits per heavy atom. The highest BCUT2D eigenvalue weighted by Crippen LogP contribution is 2.18. The predicted octanol–water partition coefficient (Wildman–Crippen LogP) is 4.08. The highest BCUT2D eigenvalue weighted by molar-refractivity contribution is 6.09. The summed E-state index contributed by atoms with van der Waals surface area (Å²) in [6.45, 7) is 4.15.